The smallest absolute Gasteiger partial charge is 0.262 e. The SMILES string of the molecule is CC(C)C.Cn1c(=O)cc(Nc2ccc(N)cc2F)c2c(=O)[nH]cnc21. The number of pyridine rings is 1. The molecule has 0 radical (unpaired) electrons. The molecule has 0 unspecified atom stereocenters. The van der Waals surface area contributed by atoms with Gasteiger partial charge in [0.2, 0.25) is 0 Å². The molecule has 0 aliphatic heterocycles. The molecule has 138 valence electrons. The number of nitrogens with two attached hydrogens (primary N) is 1. The first-order chi connectivity index (χ1) is 12.2. The predicted octanol–water partition coefficient (Wildman–Crippen LogP) is 2.75. The van der Waals surface area contributed by atoms with E-state index in [-0.39, 0.29) is 33.7 Å². The van der Waals surface area contributed by atoms with Gasteiger partial charge >= 0.3 is 0 Å². The van der Waals surface area contributed by atoms with Crippen molar-refractivity contribution in [3.63, 3.8) is 0 Å². The number of aromatic nitrogens is 3. The maximum atomic E-state index is 13.9. The summed E-state index contributed by atoms with van der Waals surface area (Å²) >= 11 is 0. The maximum Gasteiger partial charge on any atom is 0.262 e. The summed E-state index contributed by atoms with van der Waals surface area (Å²) in [6.07, 6.45) is 1.21. The summed E-state index contributed by atoms with van der Waals surface area (Å²) in [6, 6.07) is 5.30. The summed E-state index contributed by atoms with van der Waals surface area (Å²) in [5.41, 5.74) is 5.45. The number of halogens is 1. The van der Waals surface area contributed by atoms with E-state index in [2.05, 4.69) is 36.1 Å². The molecule has 2 aromatic heterocycles. The Kier molecular flexibility index (Phi) is 5.76. The second kappa shape index (κ2) is 7.81. The molecule has 0 fully saturated rings. The van der Waals surface area contributed by atoms with Gasteiger partial charge in [0.25, 0.3) is 11.1 Å². The van der Waals surface area contributed by atoms with E-state index in [4.69, 9.17) is 5.73 Å². The van der Waals surface area contributed by atoms with E-state index >= 15 is 0 Å². The zero-order valence-corrected chi connectivity index (χ0v) is 15.1. The van der Waals surface area contributed by atoms with Crippen LogP contribution in [0.25, 0.3) is 11.0 Å². The van der Waals surface area contributed by atoms with Crippen LogP contribution >= 0.6 is 0 Å². The molecular weight excluding hydrogens is 337 g/mol. The van der Waals surface area contributed by atoms with Crippen molar-refractivity contribution >= 4 is 28.1 Å². The van der Waals surface area contributed by atoms with Gasteiger partial charge in [-0.2, -0.15) is 0 Å². The highest BCUT2D eigenvalue weighted by atomic mass is 19.1. The number of aromatic amines is 1. The van der Waals surface area contributed by atoms with Crippen LogP contribution in [0.5, 0.6) is 0 Å². The largest absolute Gasteiger partial charge is 0.399 e. The number of rotatable bonds is 2. The Bertz CT molecular complexity index is 1040. The van der Waals surface area contributed by atoms with Crippen molar-refractivity contribution in [3.8, 4) is 0 Å². The minimum Gasteiger partial charge on any atom is -0.399 e. The molecule has 0 saturated carbocycles. The van der Waals surface area contributed by atoms with Crippen molar-refractivity contribution in [1.29, 1.82) is 0 Å². The van der Waals surface area contributed by atoms with Gasteiger partial charge in [0.05, 0.1) is 17.7 Å². The van der Waals surface area contributed by atoms with Crippen LogP contribution in [0.1, 0.15) is 20.8 Å². The number of hydrogen-bond acceptors (Lipinski definition) is 5. The molecular formula is C18H22FN5O2. The normalized spacial score (nSPS) is 10.5. The van der Waals surface area contributed by atoms with E-state index in [1.807, 2.05) is 0 Å². The van der Waals surface area contributed by atoms with Crippen molar-refractivity contribution in [1.82, 2.24) is 14.5 Å². The van der Waals surface area contributed by atoms with Gasteiger partial charge in [0.15, 0.2) is 5.65 Å². The summed E-state index contributed by atoms with van der Waals surface area (Å²) in [7, 11) is 1.50. The number of benzene rings is 1. The Morgan fingerprint density at radius 1 is 1.19 bits per heavy atom. The molecule has 2 heterocycles. The van der Waals surface area contributed by atoms with Gasteiger partial charge in [-0.15, -0.1) is 0 Å². The molecule has 0 bridgehead atoms. The number of aryl methyl sites for hydroxylation is 1. The highest BCUT2D eigenvalue weighted by Crippen LogP contribution is 2.24. The van der Waals surface area contributed by atoms with Gasteiger partial charge in [-0.05, 0) is 24.1 Å². The molecule has 3 rings (SSSR count). The highest BCUT2D eigenvalue weighted by molar-refractivity contribution is 5.90. The van der Waals surface area contributed by atoms with Crippen molar-refractivity contribution in [2.45, 2.75) is 20.8 Å². The van der Waals surface area contributed by atoms with Gasteiger partial charge in [-0.25, -0.2) is 9.37 Å². The van der Waals surface area contributed by atoms with Crippen LogP contribution in [-0.4, -0.2) is 14.5 Å². The Morgan fingerprint density at radius 2 is 1.85 bits per heavy atom. The monoisotopic (exact) mass is 359 g/mol. The van der Waals surface area contributed by atoms with Gasteiger partial charge in [0.1, 0.15) is 11.2 Å². The van der Waals surface area contributed by atoms with E-state index in [1.54, 1.807) is 0 Å². The number of fused-ring (bicyclic) bond motifs is 1. The van der Waals surface area contributed by atoms with E-state index in [0.717, 1.165) is 12.0 Å². The molecule has 7 nitrogen and oxygen atoms in total. The van der Waals surface area contributed by atoms with Gasteiger partial charge in [-0.3, -0.25) is 14.2 Å². The van der Waals surface area contributed by atoms with Crippen molar-refractivity contribution in [2.75, 3.05) is 11.1 Å². The third-order valence-electron chi connectivity index (χ3n) is 3.28. The minimum atomic E-state index is -0.589. The Morgan fingerprint density at radius 3 is 2.46 bits per heavy atom. The number of nitrogens with zero attached hydrogens (tertiary/aromatic N) is 2. The van der Waals surface area contributed by atoms with E-state index < -0.39 is 11.4 Å². The molecule has 0 atom stereocenters. The fourth-order valence-electron chi connectivity index (χ4n) is 2.16. The zero-order valence-electron chi connectivity index (χ0n) is 15.1. The summed E-state index contributed by atoms with van der Waals surface area (Å²) in [5.74, 6) is 0.245. The van der Waals surface area contributed by atoms with Gasteiger partial charge in [-0.1, -0.05) is 20.8 Å². The van der Waals surface area contributed by atoms with Crippen LogP contribution in [-0.2, 0) is 7.05 Å². The van der Waals surface area contributed by atoms with Crippen molar-refractivity contribution < 1.29 is 4.39 Å². The van der Waals surface area contributed by atoms with E-state index in [1.165, 1.54) is 36.1 Å². The van der Waals surface area contributed by atoms with Gasteiger partial charge in [0, 0.05) is 18.8 Å². The van der Waals surface area contributed by atoms with Crippen molar-refractivity contribution in [2.24, 2.45) is 13.0 Å². The lowest BCUT2D eigenvalue weighted by Gasteiger charge is -2.11. The van der Waals surface area contributed by atoms with Crippen LogP contribution in [0.4, 0.5) is 21.5 Å². The van der Waals surface area contributed by atoms with Crippen LogP contribution in [0.2, 0.25) is 0 Å². The highest BCUT2D eigenvalue weighted by Gasteiger charge is 2.13. The maximum absolute atomic E-state index is 13.9. The molecule has 0 spiro atoms. The molecule has 0 aliphatic carbocycles. The van der Waals surface area contributed by atoms with E-state index in [0.29, 0.717) is 0 Å². The second-order valence-electron chi connectivity index (χ2n) is 6.48. The van der Waals surface area contributed by atoms with E-state index in [9.17, 15) is 14.0 Å². The lowest BCUT2D eigenvalue weighted by Crippen LogP contribution is -2.21. The fraction of sp³-hybridized carbons (Fsp3) is 0.278. The third-order valence-corrected chi connectivity index (χ3v) is 3.28. The standard InChI is InChI=1S/C14H12FN5O2.C4H10/c1-20-11(21)5-10(12-13(20)17-6-18-14(12)22)19-9-3-2-7(16)4-8(9)15;1-4(2)3/h2-6,19H,16H2,1H3,(H,17,18,22);4H,1-3H3. The molecule has 26 heavy (non-hydrogen) atoms. The van der Waals surface area contributed by atoms with Crippen LogP contribution < -0.4 is 22.2 Å². The summed E-state index contributed by atoms with van der Waals surface area (Å²) in [6.45, 7) is 6.50. The first-order valence-electron chi connectivity index (χ1n) is 8.10. The first-order valence-corrected chi connectivity index (χ1v) is 8.10. The molecule has 4 N–H and O–H groups in total. The average Bonchev–Trinajstić information content (AvgIpc) is 2.54. The second-order valence-corrected chi connectivity index (χ2v) is 6.48. The minimum absolute atomic E-state index is 0.104. The Labute approximate surface area is 149 Å². The number of anilines is 3. The summed E-state index contributed by atoms with van der Waals surface area (Å²) in [4.78, 5) is 30.4. The van der Waals surface area contributed by atoms with Gasteiger partial charge < -0.3 is 16.0 Å². The molecule has 0 amide bonds. The topological polar surface area (TPSA) is 106 Å². The quantitative estimate of drug-likeness (QED) is 0.610. The number of nitrogen functional groups attached to an aromatic ring is 1. The molecule has 8 heteroatoms. The molecule has 3 aromatic rings. The average molecular weight is 359 g/mol. The lowest BCUT2D eigenvalue weighted by atomic mass is 10.2. The summed E-state index contributed by atoms with van der Waals surface area (Å²) < 4.78 is 15.1. The van der Waals surface area contributed by atoms with Crippen LogP contribution in [0.15, 0.2) is 40.2 Å². The number of nitrogens with one attached hydrogen (secondary N) is 2. The van der Waals surface area contributed by atoms with Crippen LogP contribution in [0, 0.1) is 11.7 Å². The fourth-order valence-corrected chi connectivity index (χ4v) is 2.16. The zero-order chi connectivity index (χ0) is 19.4. The van der Waals surface area contributed by atoms with Crippen LogP contribution in [0.3, 0.4) is 0 Å². The Hall–Kier alpha value is -3.16. The molecule has 1 aromatic carbocycles. The molecule has 0 saturated heterocycles. The summed E-state index contributed by atoms with van der Waals surface area (Å²) in [5, 5.41) is 2.91. The number of hydrogen-bond donors (Lipinski definition) is 3. The van der Waals surface area contributed by atoms with Crippen molar-refractivity contribution in [3.05, 3.63) is 57.1 Å². The Balaban J connectivity index is 0.000000552. The third kappa shape index (κ3) is 4.27. The predicted molar refractivity (Wildman–Crippen MR) is 102 cm³/mol. The number of H-pyrrole nitrogens is 1. The molecule has 0 aliphatic rings. The first kappa shape index (κ1) is 19.2. The lowest BCUT2D eigenvalue weighted by molar-refractivity contribution is 0.632.